The van der Waals surface area contributed by atoms with Gasteiger partial charge in [0.2, 0.25) is 0 Å². The first-order chi connectivity index (χ1) is 11.1. The lowest BCUT2D eigenvalue weighted by Crippen LogP contribution is -2.49. The van der Waals surface area contributed by atoms with Crippen molar-refractivity contribution in [1.82, 2.24) is 15.5 Å². The van der Waals surface area contributed by atoms with Crippen molar-refractivity contribution in [3.63, 3.8) is 0 Å². The minimum absolute atomic E-state index is 0. The van der Waals surface area contributed by atoms with E-state index in [1.54, 1.807) is 7.05 Å². The quantitative estimate of drug-likeness (QED) is 0.264. The molecule has 0 aliphatic heterocycles. The molecule has 2 N–H and O–H groups in total. The third-order valence-corrected chi connectivity index (χ3v) is 5.08. The minimum atomic E-state index is -2.93. The number of halogens is 1. The van der Waals surface area contributed by atoms with E-state index in [1.807, 2.05) is 6.92 Å². The number of likely N-dealkylation sites (N-methyl/N-ethyl adjacent to an activating group) is 1. The molecular weight excluding hydrogens is 451 g/mol. The molecule has 0 fully saturated rings. The number of nitrogens with zero attached hydrogens (tertiary/aromatic N) is 2. The van der Waals surface area contributed by atoms with E-state index in [0.29, 0.717) is 18.4 Å². The Balaban J connectivity index is 0. The summed E-state index contributed by atoms with van der Waals surface area (Å²) in [7, 11) is -1.18. The van der Waals surface area contributed by atoms with Crippen molar-refractivity contribution < 1.29 is 8.42 Å². The van der Waals surface area contributed by atoms with Gasteiger partial charge in [-0.1, -0.05) is 27.7 Å². The molecule has 0 rings (SSSR count). The van der Waals surface area contributed by atoms with E-state index >= 15 is 0 Å². The third-order valence-electron chi connectivity index (χ3n) is 4.11. The molecule has 0 spiro atoms. The minimum Gasteiger partial charge on any atom is -0.355 e. The zero-order valence-electron chi connectivity index (χ0n) is 17.0. The maximum Gasteiger partial charge on any atom is 0.191 e. The Hall–Kier alpha value is -0.0900. The van der Waals surface area contributed by atoms with Crippen molar-refractivity contribution in [2.75, 3.05) is 38.7 Å². The maximum absolute atomic E-state index is 11.3. The molecule has 0 aromatic carbocycles. The van der Waals surface area contributed by atoms with E-state index in [1.165, 1.54) is 6.26 Å². The highest BCUT2D eigenvalue weighted by molar-refractivity contribution is 14.0. The van der Waals surface area contributed by atoms with Gasteiger partial charge in [0, 0.05) is 31.9 Å². The molecule has 2 unspecified atom stereocenters. The van der Waals surface area contributed by atoms with Gasteiger partial charge in [0.1, 0.15) is 9.84 Å². The smallest absolute Gasteiger partial charge is 0.191 e. The summed E-state index contributed by atoms with van der Waals surface area (Å²) in [6, 6.07) is 0.521. The second-order valence-electron chi connectivity index (χ2n) is 6.92. The van der Waals surface area contributed by atoms with Gasteiger partial charge in [0.25, 0.3) is 0 Å². The Bertz CT molecular complexity index is 465. The molecule has 0 aliphatic rings. The number of rotatable bonds is 11. The summed E-state index contributed by atoms with van der Waals surface area (Å²) in [5, 5.41) is 6.68. The van der Waals surface area contributed by atoms with Crippen LogP contribution in [0.1, 0.15) is 47.5 Å². The van der Waals surface area contributed by atoms with Crippen molar-refractivity contribution in [2.45, 2.75) is 59.5 Å². The molecule has 0 aliphatic carbocycles. The monoisotopic (exact) mass is 490 g/mol. The van der Waals surface area contributed by atoms with Gasteiger partial charge in [-0.2, -0.15) is 0 Å². The van der Waals surface area contributed by atoms with Gasteiger partial charge in [-0.15, -0.1) is 24.0 Å². The van der Waals surface area contributed by atoms with Crippen LogP contribution in [0.2, 0.25) is 0 Å². The van der Waals surface area contributed by atoms with Crippen LogP contribution < -0.4 is 10.6 Å². The summed E-state index contributed by atoms with van der Waals surface area (Å²) in [5.41, 5.74) is 0. The average Bonchev–Trinajstić information content (AvgIpc) is 2.48. The normalized spacial score (nSPS) is 15.0. The summed E-state index contributed by atoms with van der Waals surface area (Å²) >= 11 is 0. The Morgan fingerprint density at radius 3 is 2.12 bits per heavy atom. The summed E-state index contributed by atoms with van der Waals surface area (Å²) in [5.74, 6) is 1.56. The molecule has 0 saturated carbocycles. The largest absolute Gasteiger partial charge is 0.355 e. The fourth-order valence-electron chi connectivity index (χ4n) is 2.75. The number of nitrogens with one attached hydrogen (secondary N) is 2. The standard InChI is InChI=1S/C17H38N4O2S.HI/c1-8-21(9-2)16(12-14(3)4)13-19-17(18-6)20-15(5)10-11-24(7,22)23;/h14-16H,8-13H2,1-7H3,(H2,18,19,20);1H. The lowest BCUT2D eigenvalue weighted by atomic mass is 10.0. The van der Waals surface area contributed by atoms with Crippen LogP contribution in [0.25, 0.3) is 0 Å². The molecule has 6 nitrogen and oxygen atoms in total. The van der Waals surface area contributed by atoms with Crippen LogP contribution in [-0.2, 0) is 9.84 Å². The highest BCUT2D eigenvalue weighted by Crippen LogP contribution is 2.10. The van der Waals surface area contributed by atoms with Gasteiger partial charge in [0.15, 0.2) is 5.96 Å². The molecule has 2 atom stereocenters. The van der Waals surface area contributed by atoms with Crippen LogP contribution in [0.4, 0.5) is 0 Å². The molecule has 0 saturated heterocycles. The SMILES string of the molecule is CCN(CC)C(CNC(=NC)NC(C)CCS(C)(=O)=O)CC(C)C.I. The van der Waals surface area contributed by atoms with Crippen molar-refractivity contribution in [1.29, 1.82) is 0 Å². The van der Waals surface area contributed by atoms with Crippen LogP contribution >= 0.6 is 24.0 Å². The summed E-state index contributed by atoms with van der Waals surface area (Å²) in [6.07, 6.45) is 2.98. The van der Waals surface area contributed by atoms with Crippen molar-refractivity contribution >= 4 is 39.8 Å². The molecular formula is C17H39IN4O2S. The van der Waals surface area contributed by atoms with Crippen LogP contribution in [0.15, 0.2) is 4.99 Å². The number of hydrogen-bond donors (Lipinski definition) is 2. The average molecular weight is 490 g/mol. The number of guanidine groups is 1. The molecule has 0 heterocycles. The fraction of sp³-hybridized carbons (Fsp3) is 0.941. The second kappa shape index (κ2) is 14.0. The topological polar surface area (TPSA) is 73.8 Å². The first-order valence-corrected chi connectivity index (χ1v) is 11.1. The summed E-state index contributed by atoms with van der Waals surface area (Å²) in [4.78, 5) is 6.73. The molecule has 0 radical (unpaired) electrons. The van der Waals surface area contributed by atoms with E-state index in [0.717, 1.165) is 32.0 Å². The van der Waals surface area contributed by atoms with Gasteiger partial charge >= 0.3 is 0 Å². The summed E-state index contributed by atoms with van der Waals surface area (Å²) < 4.78 is 22.5. The van der Waals surface area contributed by atoms with Gasteiger partial charge < -0.3 is 10.6 Å². The van der Waals surface area contributed by atoms with Gasteiger partial charge in [-0.05, 0) is 38.8 Å². The van der Waals surface area contributed by atoms with Crippen LogP contribution in [0.3, 0.4) is 0 Å². The van der Waals surface area contributed by atoms with Gasteiger partial charge in [-0.3, -0.25) is 9.89 Å². The Morgan fingerprint density at radius 2 is 1.72 bits per heavy atom. The van der Waals surface area contributed by atoms with Crippen LogP contribution in [0.5, 0.6) is 0 Å². The number of hydrogen-bond acceptors (Lipinski definition) is 4. The molecule has 8 heteroatoms. The fourth-order valence-corrected chi connectivity index (χ4v) is 3.53. The number of aliphatic imine (C=N–C) groups is 1. The van der Waals surface area contributed by atoms with Gasteiger partial charge in [-0.25, -0.2) is 8.42 Å². The lowest BCUT2D eigenvalue weighted by molar-refractivity contribution is 0.191. The Morgan fingerprint density at radius 1 is 1.16 bits per heavy atom. The molecule has 0 bridgehead atoms. The van der Waals surface area contributed by atoms with E-state index in [-0.39, 0.29) is 35.8 Å². The van der Waals surface area contributed by atoms with Crippen LogP contribution in [0, 0.1) is 5.92 Å². The lowest BCUT2D eigenvalue weighted by Gasteiger charge is -2.32. The zero-order chi connectivity index (χ0) is 18.8. The molecule has 0 amide bonds. The molecule has 25 heavy (non-hydrogen) atoms. The summed E-state index contributed by atoms with van der Waals surface area (Å²) in [6.45, 7) is 13.8. The third kappa shape index (κ3) is 13.7. The van der Waals surface area contributed by atoms with E-state index < -0.39 is 9.84 Å². The highest BCUT2D eigenvalue weighted by atomic mass is 127. The molecule has 0 aromatic heterocycles. The first-order valence-electron chi connectivity index (χ1n) is 9.01. The predicted molar refractivity (Wildman–Crippen MR) is 120 cm³/mol. The maximum atomic E-state index is 11.3. The van der Waals surface area contributed by atoms with Crippen molar-refractivity contribution in [3.05, 3.63) is 0 Å². The Kier molecular flexibility index (Phi) is 15.2. The first kappa shape index (κ1) is 27.1. The molecule has 152 valence electrons. The zero-order valence-corrected chi connectivity index (χ0v) is 20.1. The van der Waals surface area contributed by atoms with E-state index in [9.17, 15) is 8.42 Å². The van der Waals surface area contributed by atoms with E-state index in [4.69, 9.17) is 0 Å². The van der Waals surface area contributed by atoms with Crippen LogP contribution in [-0.4, -0.2) is 70.1 Å². The van der Waals surface area contributed by atoms with Crippen molar-refractivity contribution in [3.8, 4) is 0 Å². The number of sulfone groups is 1. The highest BCUT2D eigenvalue weighted by Gasteiger charge is 2.18. The molecule has 0 aromatic rings. The second-order valence-corrected chi connectivity index (χ2v) is 9.18. The van der Waals surface area contributed by atoms with Crippen molar-refractivity contribution in [2.24, 2.45) is 10.9 Å². The van der Waals surface area contributed by atoms with E-state index in [2.05, 4.69) is 48.2 Å². The van der Waals surface area contributed by atoms with Gasteiger partial charge in [0.05, 0.1) is 5.75 Å². The predicted octanol–water partition coefficient (Wildman–Crippen LogP) is 2.35. The Labute approximate surface area is 172 Å².